The van der Waals surface area contributed by atoms with E-state index in [9.17, 15) is 0 Å². The molecule has 2 rings (SSSR count). The van der Waals surface area contributed by atoms with Gasteiger partial charge in [-0.3, -0.25) is 0 Å². The zero-order valence-corrected chi connectivity index (χ0v) is 16.2. The Bertz CT molecular complexity index is 648. The lowest BCUT2D eigenvalue weighted by Crippen LogP contribution is -2.49. The molecule has 1 heterocycles. The van der Waals surface area contributed by atoms with Gasteiger partial charge in [0.15, 0.2) is 11.0 Å². The SMILES string of the molecule is CCn1c(C)[n+](CCC[N+](CC)(CC)CC)c2ccc(Cl)cc21. The molecule has 0 atom stereocenters. The lowest BCUT2D eigenvalue weighted by atomic mass is 10.2. The second-order valence-electron chi connectivity index (χ2n) is 6.44. The molecule has 1 aromatic heterocycles. The summed E-state index contributed by atoms with van der Waals surface area (Å²) < 4.78 is 6.05. The van der Waals surface area contributed by atoms with E-state index >= 15 is 0 Å². The summed E-state index contributed by atoms with van der Waals surface area (Å²) in [4.78, 5) is 0. The van der Waals surface area contributed by atoms with Gasteiger partial charge in [-0.2, -0.15) is 0 Å². The first-order valence-electron chi connectivity index (χ1n) is 9.05. The highest BCUT2D eigenvalue weighted by Crippen LogP contribution is 2.20. The van der Waals surface area contributed by atoms with E-state index < -0.39 is 0 Å². The fraction of sp³-hybridized carbons (Fsp3) is 0.632. The molecule has 0 amide bonds. The molecule has 0 aliphatic rings. The van der Waals surface area contributed by atoms with Crippen LogP contribution in [0.3, 0.4) is 0 Å². The topological polar surface area (TPSA) is 8.81 Å². The van der Waals surface area contributed by atoms with E-state index in [1.807, 2.05) is 6.07 Å². The highest BCUT2D eigenvalue weighted by atomic mass is 35.5. The molecule has 0 unspecified atom stereocenters. The van der Waals surface area contributed by atoms with Crippen LogP contribution >= 0.6 is 11.6 Å². The molecule has 2 aromatic rings. The van der Waals surface area contributed by atoms with Crippen molar-refractivity contribution in [2.45, 2.75) is 54.1 Å². The summed E-state index contributed by atoms with van der Waals surface area (Å²) in [6.45, 7) is 18.4. The van der Waals surface area contributed by atoms with E-state index in [0.29, 0.717) is 0 Å². The van der Waals surface area contributed by atoms with Crippen molar-refractivity contribution in [1.29, 1.82) is 0 Å². The first kappa shape index (κ1) is 18.3. The van der Waals surface area contributed by atoms with Gasteiger partial charge in [-0.25, -0.2) is 9.13 Å². The minimum atomic E-state index is 0.815. The van der Waals surface area contributed by atoms with Gasteiger partial charge in [0.2, 0.25) is 0 Å². The second-order valence-corrected chi connectivity index (χ2v) is 6.88. The molecule has 0 saturated heterocycles. The summed E-state index contributed by atoms with van der Waals surface area (Å²) >= 11 is 6.20. The molecule has 0 saturated carbocycles. The fourth-order valence-electron chi connectivity index (χ4n) is 3.83. The maximum atomic E-state index is 6.20. The smallest absolute Gasteiger partial charge is 0.254 e. The van der Waals surface area contributed by atoms with Crippen LogP contribution in [-0.2, 0) is 13.1 Å². The highest BCUT2D eigenvalue weighted by molar-refractivity contribution is 6.31. The number of hydrogen-bond donors (Lipinski definition) is 0. The van der Waals surface area contributed by atoms with Crippen molar-refractivity contribution in [3.63, 3.8) is 0 Å². The van der Waals surface area contributed by atoms with Gasteiger partial charge in [-0.1, -0.05) is 11.6 Å². The Labute approximate surface area is 146 Å². The first-order valence-corrected chi connectivity index (χ1v) is 9.43. The van der Waals surface area contributed by atoms with Crippen molar-refractivity contribution in [2.24, 2.45) is 0 Å². The molecule has 0 N–H and O–H groups in total. The first-order chi connectivity index (χ1) is 11.0. The minimum Gasteiger partial charge on any atom is -0.324 e. The third-order valence-electron chi connectivity index (χ3n) is 5.64. The van der Waals surface area contributed by atoms with Crippen molar-refractivity contribution in [3.8, 4) is 0 Å². The van der Waals surface area contributed by atoms with Crippen LogP contribution in [0.1, 0.15) is 39.9 Å². The van der Waals surface area contributed by atoms with Crippen molar-refractivity contribution in [1.82, 2.24) is 4.57 Å². The number of aryl methyl sites for hydroxylation is 2. The molecule has 1 aromatic carbocycles. The number of aromatic nitrogens is 2. The number of halogens is 1. The number of benzene rings is 1. The van der Waals surface area contributed by atoms with Gasteiger partial charge in [-0.15, -0.1) is 0 Å². The van der Waals surface area contributed by atoms with Gasteiger partial charge >= 0.3 is 0 Å². The van der Waals surface area contributed by atoms with Gasteiger partial charge < -0.3 is 4.48 Å². The summed E-state index contributed by atoms with van der Waals surface area (Å²) in [6, 6.07) is 6.26. The standard InChI is InChI=1S/C19H32ClN3/c1-6-21-16(5)22(18-12-11-17(20)15-19(18)21)13-10-14-23(7-2,8-3)9-4/h11-12,15H,6-10,13-14H2,1-5H3/q+2. The zero-order chi connectivity index (χ0) is 17.0. The number of quaternary nitrogens is 1. The summed E-state index contributed by atoms with van der Waals surface area (Å²) in [5.74, 6) is 1.33. The number of imidazole rings is 1. The van der Waals surface area contributed by atoms with Crippen LogP contribution in [0.15, 0.2) is 18.2 Å². The Balaban J connectivity index is 2.25. The van der Waals surface area contributed by atoms with E-state index in [2.05, 4.69) is 55.9 Å². The van der Waals surface area contributed by atoms with Gasteiger partial charge in [0.1, 0.15) is 0 Å². The summed E-state index contributed by atoms with van der Waals surface area (Å²) in [7, 11) is 0. The predicted molar refractivity (Wildman–Crippen MR) is 98.9 cm³/mol. The third-order valence-corrected chi connectivity index (χ3v) is 5.88. The van der Waals surface area contributed by atoms with Crippen molar-refractivity contribution in [3.05, 3.63) is 29.0 Å². The molecular weight excluding hydrogens is 306 g/mol. The summed E-state index contributed by atoms with van der Waals surface area (Å²) in [5, 5.41) is 0.815. The van der Waals surface area contributed by atoms with E-state index in [1.54, 1.807) is 0 Å². The number of nitrogens with zero attached hydrogens (tertiary/aromatic N) is 3. The van der Waals surface area contributed by atoms with Crippen LogP contribution in [0.5, 0.6) is 0 Å². The van der Waals surface area contributed by atoms with Gasteiger partial charge in [0.25, 0.3) is 5.82 Å². The molecule has 23 heavy (non-hydrogen) atoms. The average molecular weight is 338 g/mol. The van der Waals surface area contributed by atoms with Crippen LogP contribution in [0.25, 0.3) is 11.0 Å². The summed E-state index contributed by atoms with van der Waals surface area (Å²) in [5.41, 5.74) is 2.55. The maximum absolute atomic E-state index is 6.20. The molecule has 0 fully saturated rings. The lowest BCUT2D eigenvalue weighted by Gasteiger charge is -2.35. The van der Waals surface area contributed by atoms with Crippen LogP contribution < -0.4 is 4.57 Å². The van der Waals surface area contributed by atoms with E-state index in [1.165, 1.54) is 53.9 Å². The van der Waals surface area contributed by atoms with Crippen LogP contribution in [0.4, 0.5) is 0 Å². The quantitative estimate of drug-likeness (QED) is 0.505. The van der Waals surface area contributed by atoms with Gasteiger partial charge in [0.05, 0.1) is 39.3 Å². The van der Waals surface area contributed by atoms with Crippen molar-refractivity contribution in [2.75, 3.05) is 26.2 Å². The minimum absolute atomic E-state index is 0.815. The zero-order valence-electron chi connectivity index (χ0n) is 15.4. The molecule has 3 nitrogen and oxygen atoms in total. The lowest BCUT2D eigenvalue weighted by molar-refractivity contribution is -0.925. The average Bonchev–Trinajstić information content (AvgIpc) is 2.82. The van der Waals surface area contributed by atoms with Gasteiger partial charge in [0, 0.05) is 24.4 Å². The van der Waals surface area contributed by atoms with Crippen LogP contribution in [0, 0.1) is 6.92 Å². The Morgan fingerprint density at radius 3 is 2.30 bits per heavy atom. The van der Waals surface area contributed by atoms with Crippen molar-refractivity contribution < 1.29 is 9.05 Å². The number of rotatable bonds is 8. The largest absolute Gasteiger partial charge is 0.324 e. The summed E-state index contributed by atoms with van der Waals surface area (Å²) in [6.07, 6.45) is 1.21. The van der Waals surface area contributed by atoms with E-state index in [4.69, 9.17) is 11.6 Å². The maximum Gasteiger partial charge on any atom is 0.254 e. The number of fused-ring (bicyclic) bond motifs is 1. The highest BCUT2D eigenvalue weighted by Gasteiger charge is 2.24. The molecule has 128 valence electrons. The predicted octanol–water partition coefficient (Wildman–Crippen LogP) is 4.18. The Hall–Kier alpha value is -1.06. The molecule has 0 radical (unpaired) electrons. The van der Waals surface area contributed by atoms with Crippen molar-refractivity contribution >= 4 is 22.6 Å². The van der Waals surface area contributed by atoms with E-state index in [-0.39, 0.29) is 0 Å². The van der Waals surface area contributed by atoms with Gasteiger partial charge in [-0.05, 0) is 39.8 Å². The molecule has 0 aliphatic heterocycles. The van der Waals surface area contributed by atoms with Crippen LogP contribution in [0.2, 0.25) is 5.02 Å². The number of hydrogen-bond acceptors (Lipinski definition) is 0. The Morgan fingerprint density at radius 1 is 1.09 bits per heavy atom. The van der Waals surface area contributed by atoms with Crippen LogP contribution in [-0.4, -0.2) is 35.2 Å². The molecular formula is C19H32ClN3+2. The Kier molecular flexibility index (Phi) is 6.10. The fourth-order valence-corrected chi connectivity index (χ4v) is 3.99. The monoisotopic (exact) mass is 337 g/mol. The molecule has 0 bridgehead atoms. The van der Waals surface area contributed by atoms with E-state index in [0.717, 1.165) is 18.1 Å². The Morgan fingerprint density at radius 2 is 1.74 bits per heavy atom. The normalized spacial score (nSPS) is 12.3. The second kappa shape index (κ2) is 7.67. The third kappa shape index (κ3) is 3.56. The molecule has 4 heteroatoms. The molecule has 0 spiro atoms. The molecule has 0 aliphatic carbocycles.